The van der Waals surface area contributed by atoms with Gasteiger partial charge in [0.05, 0.1) is 31.5 Å². The summed E-state index contributed by atoms with van der Waals surface area (Å²) in [5.74, 6) is -0.352. The predicted octanol–water partition coefficient (Wildman–Crippen LogP) is 4.84. The Morgan fingerprint density at radius 3 is 2.12 bits per heavy atom. The predicted molar refractivity (Wildman–Crippen MR) is 124 cm³/mol. The minimum absolute atomic E-state index is 0.00776. The Hall–Kier alpha value is -4.11. The number of fused-ring (bicyclic) bond motifs is 1. The summed E-state index contributed by atoms with van der Waals surface area (Å²) in [4.78, 5) is 27.5. The van der Waals surface area contributed by atoms with Gasteiger partial charge in [-0.1, -0.05) is 11.6 Å². The molecule has 0 radical (unpaired) electrons. The molecule has 33 heavy (non-hydrogen) atoms. The number of rotatable bonds is 5. The maximum absolute atomic E-state index is 12.8. The molecular formula is C24H19N3O5S. The van der Waals surface area contributed by atoms with Gasteiger partial charge in [0, 0.05) is 23.2 Å². The molecule has 0 unspecified atom stereocenters. The van der Waals surface area contributed by atoms with E-state index in [1.807, 2.05) is 25.1 Å². The lowest BCUT2D eigenvalue weighted by Gasteiger charge is -2.10. The van der Waals surface area contributed by atoms with Gasteiger partial charge >= 0.3 is 0 Å². The first-order chi connectivity index (χ1) is 15.6. The maximum Gasteiger partial charge on any atom is 0.269 e. The van der Waals surface area contributed by atoms with E-state index in [0.29, 0.717) is 16.9 Å². The van der Waals surface area contributed by atoms with Crippen LogP contribution in [0.25, 0.3) is 10.9 Å². The molecule has 9 heteroatoms. The Balaban J connectivity index is 1.56. The fourth-order valence-corrected chi connectivity index (χ4v) is 4.68. The zero-order chi connectivity index (χ0) is 23.8. The molecule has 1 heterocycles. The number of hydrogen-bond donors (Lipinski definition) is 1. The van der Waals surface area contributed by atoms with E-state index < -0.39 is 14.8 Å². The molecule has 0 spiro atoms. The summed E-state index contributed by atoms with van der Waals surface area (Å²) >= 11 is 0. The monoisotopic (exact) mass is 461 g/mol. The van der Waals surface area contributed by atoms with E-state index in [-0.39, 0.29) is 21.4 Å². The number of nitro groups is 1. The number of non-ortho nitro benzene ring substituents is 1. The first-order valence-corrected chi connectivity index (χ1v) is 11.4. The highest BCUT2D eigenvalue weighted by Crippen LogP contribution is 2.25. The first-order valence-electron chi connectivity index (χ1n) is 9.94. The number of carbonyl (C=O) groups is 1. The Bertz CT molecular complexity index is 1500. The van der Waals surface area contributed by atoms with Crippen LogP contribution in [0.4, 0.5) is 11.4 Å². The molecule has 0 saturated heterocycles. The van der Waals surface area contributed by atoms with Crippen molar-refractivity contribution >= 4 is 38.0 Å². The molecule has 0 aliphatic carbocycles. The van der Waals surface area contributed by atoms with Crippen LogP contribution in [0.2, 0.25) is 0 Å². The Labute approximate surface area is 190 Å². The molecule has 1 amide bonds. The van der Waals surface area contributed by atoms with Gasteiger partial charge in [-0.25, -0.2) is 8.42 Å². The molecule has 1 N–H and O–H groups in total. The molecule has 4 aromatic rings. The van der Waals surface area contributed by atoms with Gasteiger partial charge < -0.3 is 5.32 Å². The zero-order valence-corrected chi connectivity index (χ0v) is 18.6. The molecule has 0 aliphatic heterocycles. The van der Waals surface area contributed by atoms with Crippen molar-refractivity contribution in [1.82, 2.24) is 4.98 Å². The van der Waals surface area contributed by atoms with Crippen LogP contribution in [-0.2, 0) is 9.84 Å². The number of anilines is 1. The lowest BCUT2D eigenvalue weighted by molar-refractivity contribution is -0.384. The lowest BCUT2D eigenvalue weighted by atomic mass is 10.1. The van der Waals surface area contributed by atoms with Crippen LogP contribution >= 0.6 is 0 Å². The number of aryl methyl sites for hydroxylation is 2. The number of amides is 1. The highest BCUT2D eigenvalue weighted by Gasteiger charge is 2.19. The van der Waals surface area contributed by atoms with Gasteiger partial charge in [0.1, 0.15) is 0 Å². The first kappa shape index (κ1) is 22.1. The second kappa shape index (κ2) is 8.44. The maximum atomic E-state index is 12.8. The summed E-state index contributed by atoms with van der Waals surface area (Å²) in [5.41, 5.74) is 3.10. The van der Waals surface area contributed by atoms with Gasteiger partial charge in [0.15, 0.2) is 0 Å². The number of benzene rings is 3. The minimum Gasteiger partial charge on any atom is -0.322 e. The molecule has 166 valence electrons. The highest BCUT2D eigenvalue weighted by molar-refractivity contribution is 7.91. The summed E-state index contributed by atoms with van der Waals surface area (Å²) in [7, 11) is -3.86. The molecule has 0 bridgehead atoms. The number of nitrogens with zero attached hydrogens (tertiary/aromatic N) is 2. The van der Waals surface area contributed by atoms with E-state index in [9.17, 15) is 23.3 Å². The van der Waals surface area contributed by atoms with Gasteiger partial charge in [-0.05, 0) is 68.4 Å². The average molecular weight is 461 g/mol. The van der Waals surface area contributed by atoms with E-state index in [1.165, 1.54) is 36.4 Å². The van der Waals surface area contributed by atoms with Crippen LogP contribution < -0.4 is 5.32 Å². The van der Waals surface area contributed by atoms with Gasteiger partial charge in [0.2, 0.25) is 9.84 Å². The van der Waals surface area contributed by atoms with E-state index in [4.69, 9.17) is 0 Å². The Morgan fingerprint density at radius 1 is 0.909 bits per heavy atom. The summed E-state index contributed by atoms with van der Waals surface area (Å²) in [5, 5.41) is 14.4. The Morgan fingerprint density at radius 2 is 1.52 bits per heavy atom. The smallest absolute Gasteiger partial charge is 0.269 e. The molecule has 8 nitrogen and oxygen atoms in total. The van der Waals surface area contributed by atoms with Gasteiger partial charge in [-0.3, -0.25) is 19.9 Å². The van der Waals surface area contributed by atoms with Crippen molar-refractivity contribution < 1.29 is 18.1 Å². The largest absolute Gasteiger partial charge is 0.322 e. The van der Waals surface area contributed by atoms with Crippen LogP contribution in [0.15, 0.2) is 82.6 Å². The van der Waals surface area contributed by atoms with Gasteiger partial charge in [-0.15, -0.1) is 0 Å². The van der Waals surface area contributed by atoms with E-state index in [2.05, 4.69) is 10.3 Å². The van der Waals surface area contributed by atoms with Crippen LogP contribution in [0, 0.1) is 24.0 Å². The number of aromatic nitrogens is 1. The SMILES string of the molecule is Cc1ccc2nc(C)c(C(=O)Nc3ccc(S(=O)(=O)c4ccc([N+](=O)[O-])cc4)cc3)cc2c1. The molecular weight excluding hydrogens is 442 g/mol. The number of nitro benzene ring substituents is 1. The van der Waals surface area contributed by atoms with Crippen molar-refractivity contribution in [1.29, 1.82) is 0 Å². The van der Waals surface area contributed by atoms with Gasteiger partial charge in [-0.2, -0.15) is 0 Å². The molecule has 0 atom stereocenters. The number of hydrogen-bond acceptors (Lipinski definition) is 6. The quantitative estimate of drug-likeness (QED) is 0.335. The number of sulfone groups is 1. The molecule has 0 saturated carbocycles. The third-order valence-electron chi connectivity index (χ3n) is 5.19. The molecule has 0 fully saturated rings. The third kappa shape index (κ3) is 4.44. The summed E-state index contributed by atoms with van der Waals surface area (Å²) in [6.07, 6.45) is 0. The van der Waals surface area contributed by atoms with Crippen molar-refractivity contribution in [2.24, 2.45) is 0 Å². The van der Waals surface area contributed by atoms with Crippen molar-refractivity contribution in [3.05, 3.63) is 99.7 Å². The summed E-state index contributed by atoms with van der Waals surface area (Å²) in [6, 6.07) is 18.0. The molecule has 1 aromatic heterocycles. The van der Waals surface area contributed by atoms with E-state index in [0.717, 1.165) is 28.6 Å². The average Bonchev–Trinajstić information content (AvgIpc) is 2.79. The number of pyridine rings is 1. The summed E-state index contributed by atoms with van der Waals surface area (Å²) < 4.78 is 25.6. The second-order valence-electron chi connectivity index (χ2n) is 7.55. The van der Waals surface area contributed by atoms with E-state index >= 15 is 0 Å². The zero-order valence-electron chi connectivity index (χ0n) is 17.8. The van der Waals surface area contributed by atoms with Crippen molar-refractivity contribution in [3.8, 4) is 0 Å². The fraction of sp³-hybridized carbons (Fsp3) is 0.0833. The summed E-state index contributed by atoms with van der Waals surface area (Å²) in [6.45, 7) is 3.72. The second-order valence-corrected chi connectivity index (χ2v) is 9.50. The van der Waals surface area contributed by atoms with Crippen LogP contribution in [0.5, 0.6) is 0 Å². The van der Waals surface area contributed by atoms with Gasteiger partial charge in [0.25, 0.3) is 11.6 Å². The number of nitrogens with one attached hydrogen (secondary N) is 1. The van der Waals surface area contributed by atoms with E-state index in [1.54, 1.807) is 13.0 Å². The topological polar surface area (TPSA) is 119 Å². The normalized spacial score (nSPS) is 11.3. The molecule has 0 aliphatic rings. The van der Waals surface area contributed by atoms with Crippen LogP contribution in [0.3, 0.4) is 0 Å². The Kier molecular flexibility index (Phi) is 5.65. The van der Waals surface area contributed by atoms with Crippen LogP contribution in [0.1, 0.15) is 21.6 Å². The molecule has 4 rings (SSSR count). The number of carbonyl (C=O) groups excluding carboxylic acids is 1. The van der Waals surface area contributed by atoms with Crippen LogP contribution in [-0.4, -0.2) is 24.2 Å². The fourth-order valence-electron chi connectivity index (χ4n) is 3.42. The lowest BCUT2D eigenvalue weighted by Crippen LogP contribution is -2.14. The highest BCUT2D eigenvalue weighted by atomic mass is 32.2. The van der Waals surface area contributed by atoms with Crippen molar-refractivity contribution in [2.45, 2.75) is 23.6 Å². The molecule has 3 aromatic carbocycles. The van der Waals surface area contributed by atoms with Crippen molar-refractivity contribution in [2.75, 3.05) is 5.32 Å². The standard InChI is InChI=1S/C24H19N3O5S/c1-15-3-12-23-17(13-15)14-22(16(2)25-23)24(28)26-18-4-8-20(9-5-18)33(31,32)21-10-6-19(7-11-21)27(29)30/h3-14H,1-2H3,(H,26,28). The minimum atomic E-state index is -3.86. The van der Waals surface area contributed by atoms with Crippen molar-refractivity contribution in [3.63, 3.8) is 0 Å². The third-order valence-corrected chi connectivity index (χ3v) is 6.97.